The molecule has 0 radical (unpaired) electrons. The molecule has 108 valence electrons. The number of nitrogens with one attached hydrogen (secondary N) is 1. The molecular weight excluding hydrogens is 230 g/mol. The van der Waals surface area contributed by atoms with Crippen LogP contribution in [0.25, 0.3) is 0 Å². The van der Waals surface area contributed by atoms with Crippen LogP contribution in [0.2, 0.25) is 0 Å². The summed E-state index contributed by atoms with van der Waals surface area (Å²) >= 11 is 0. The van der Waals surface area contributed by atoms with Crippen molar-refractivity contribution >= 4 is 0 Å². The van der Waals surface area contributed by atoms with E-state index in [0.29, 0.717) is 5.41 Å². The normalized spacial score (nSPS) is 48.0. The van der Waals surface area contributed by atoms with Gasteiger partial charge in [-0.2, -0.15) is 0 Å². The molecule has 5 aliphatic rings. The highest BCUT2D eigenvalue weighted by Gasteiger charge is 2.53. The number of hydrogen-bond donors (Lipinski definition) is 1. The van der Waals surface area contributed by atoms with Gasteiger partial charge < -0.3 is 5.32 Å². The van der Waals surface area contributed by atoms with Crippen LogP contribution < -0.4 is 5.32 Å². The van der Waals surface area contributed by atoms with Gasteiger partial charge in [0, 0.05) is 12.1 Å². The molecule has 0 aliphatic heterocycles. The van der Waals surface area contributed by atoms with Crippen molar-refractivity contribution in [1.82, 2.24) is 5.32 Å². The minimum absolute atomic E-state index is 0.687. The molecule has 0 saturated heterocycles. The second-order valence-corrected chi connectivity index (χ2v) is 8.65. The zero-order valence-corrected chi connectivity index (χ0v) is 12.8. The summed E-state index contributed by atoms with van der Waals surface area (Å²) in [4.78, 5) is 0. The second kappa shape index (κ2) is 4.48. The fourth-order valence-electron chi connectivity index (χ4n) is 6.35. The fraction of sp³-hybridized carbons (Fsp3) is 1.00. The number of hydrogen-bond acceptors (Lipinski definition) is 1. The lowest BCUT2D eigenvalue weighted by Gasteiger charge is -2.59. The Bertz CT molecular complexity index is 308. The molecule has 5 fully saturated rings. The van der Waals surface area contributed by atoms with Gasteiger partial charge in [0.2, 0.25) is 0 Å². The molecule has 0 amide bonds. The van der Waals surface area contributed by atoms with Crippen LogP contribution in [-0.2, 0) is 0 Å². The molecule has 4 bridgehead atoms. The third kappa shape index (κ3) is 2.07. The third-order valence-electron chi connectivity index (χ3n) is 7.37. The average molecular weight is 261 g/mol. The van der Waals surface area contributed by atoms with Crippen LogP contribution in [-0.4, -0.2) is 12.1 Å². The van der Waals surface area contributed by atoms with E-state index in [4.69, 9.17) is 0 Å². The first-order valence-electron chi connectivity index (χ1n) is 8.91. The molecule has 1 heteroatoms. The van der Waals surface area contributed by atoms with Crippen molar-refractivity contribution in [2.75, 3.05) is 0 Å². The van der Waals surface area contributed by atoms with Crippen molar-refractivity contribution in [3.63, 3.8) is 0 Å². The van der Waals surface area contributed by atoms with Crippen LogP contribution in [0.4, 0.5) is 0 Å². The monoisotopic (exact) mass is 261 g/mol. The van der Waals surface area contributed by atoms with Crippen molar-refractivity contribution in [2.24, 2.45) is 29.1 Å². The molecule has 5 saturated carbocycles. The highest BCUT2D eigenvalue weighted by atomic mass is 15.0. The highest BCUT2D eigenvalue weighted by molar-refractivity contribution is 5.05. The minimum Gasteiger partial charge on any atom is -0.311 e. The Labute approximate surface area is 118 Å². The van der Waals surface area contributed by atoms with E-state index in [0.717, 1.165) is 35.8 Å². The van der Waals surface area contributed by atoms with Crippen LogP contribution in [0.5, 0.6) is 0 Å². The van der Waals surface area contributed by atoms with Crippen LogP contribution in [0.15, 0.2) is 0 Å². The molecule has 1 nitrogen and oxygen atoms in total. The van der Waals surface area contributed by atoms with Gasteiger partial charge >= 0.3 is 0 Å². The van der Waals surface area contributed by atoms with Gasteiger partial charge in [0.25, 0.3) is 0 Å². The van der Waals surface area contributed by atoms with E-state index >= 15 is 0 Å². The molecule has 0 spiro atoms. The molecule has 0 aromatic carbocycles. The van der Waals surface area contributed by atoms with E-state index < -0.39 is 0 Å². The summed E-state index contributed by atoms with van der Waals surface area (Å²) in [5.41, 5.74) is 0.687. The Morgan fingerprint density at radius 2 is 1.42 bits per heavy atom. The predicted octanol–water partition coefficient (Wildman–Crippen LogP) is 4.37. The maximum atomic E-state index is 4.04. The first-order valence-corrected chi connectivity index (χ1v) is 8.91. The smallest absolute Gasteiger partial charge is 0.00980 e. The van der Waals surface area contributed by atoms with E-state index in [1.807, 2.05) is 0 Å². The molecule has 5 aliphatic carbocycles. The minimum atomic E-state index is 0.687. The molecule has 2 unspecified atom stereocenters. The van der Waals surface area contributed by atoms with Crippen LogP contribution in [0.1, 0.15) is 71.6 Å². The molecule has 0 aromatic heterocycles. The summed E-state index contributed by atoms with van der Waals surface area (Å²) < 4.78 is 0. The lowest BCUT2D eigenvalue weighted by Crippen LogP contribution is -2.57. The topological polar surface area (TPSA) is 12.0 Å². The summed E-state index contributed by atoms with van der Waals surface area (Å²) in [6, 6.07) is 1.52. The molecule has 19 heavy (non-hydrogen) atoms. The van der Waals surface area contributed by atoms with E-state index in [1.165, 1.54) is 19.3 Å². The molecule has 1 N–H and O–H groups in total. The van der Waals surface area contributed by atoms with Crippen molar-refractivity contribution in [3.05, 3.63) is 0 Å². The summed E-state index contributed by atoms with van der Waals surface area (Å²) in [6.45, 7) is 4.96. The average Bonchev–Trinajstić information content (AvgIpc) is 2.24. The molecule has 0 aromatic rings. The van der Waals surface area contributed by atoms with Crippen LogP contribution in [0.3, 0.4) is 0 Å². The van der Waals surface area contributed by atoms with Gasteiger partial charge in [-0.15, -0.1) is 0 Å². The zero-order valence-electron chi connectivity index (χ0n) is 12.8. The van der Waals surface area contributed by atoms with Crippen molar-refractivity contribution in [2.45, 2.75) is 83.7 Å². The third-order valence-corrected chi connectivity index (χ3v) is 7.37. The van der Waals surface area contributed by atoms with Crippen molar-refractivity contribution < 1.29 is 0 Å². The SMILES string of the molecule is CC(NC(C)C12CC3CC(CC(C3)C1)C2)C1CCC1. The van der Waals surface area contributed by atoms with Gasteiger partial charge in [0.1, 0.15) is 0 Å². The predicted molar refractivity (Wildman–Crippen MR) is 80.0 cm³/mol. The van der Waals surface area contributed by atoms with E-state index in [1.54, 1.807) is 38.5 Å². The Morgan fingerprint density at radius 3 is 1.84 bits per heavy atom. The van der Waals surface area contributed by atoms with Crippen molar-refractivity contribution in [3.8, 4) is 0 Å². The van der Waals surface area contributed by atoms with Gasteiger partial charge in [0.05, 0.1) is 0 Å². The Hall–Kier alpha value is -0.0400. The Balaban J connectivity index is 1.45. The summed E-state index contributed by atoms with van der Waals surface area (Å²) in [5, 5.41) is 4.04. The van der Waals surface area contributed by atoms with E-state index in [2.05, 4.69) is 19.2 Å². The molecule has 5 rings (SSSR count). The van der Waals surface area contributed by atoms with Gasteiger partial charge in [-0.1, -0.05) is 6.42 Å². The summed E-state index contributed by atoms with van der Waals surface area (Å²) in [7, 11) is 0. The Kier molecular flexibility index (Phi) is 2.99. The first-order chi connectivity index (χ1) is 9.14. The maximum absolute atomic E-state index is 4.04. The van der Waals surface area contributed by atoms with Gasteiger partial charge in [-0.25, -0.2) is 0 Å². The fourth-order valence-corrected chi connectivity index (χ4v) is 6.35. The standard InChI is InChI=1S/C18H31N/c1-12(17-4-3-5-17)19-13(2)18-9-14-6-15(10-18)8-16(7-14)11-18/h12-17,19H,3-11H2,1-2H3. The molecular formula is C18H31N. The van der Waals surface area contributed by atoms with Crippen molar-refractivity contribution in [1.29, 1.82) is 0 Å². The quantitative estimate of drug-likeness (QED) is 0.792. The summed E-state index contributed by atoms with van der Waals surface area (Å²) in [6.07, 6.45) is 13.8. The zero-order chi connectivity index (χ0) is 13.0. The van der Waals surface area contributed by atoms with Crippen LogP contribution in [0, 0.1) is 29.1 Å². The maximum Gasteiger partial charge on any atom is 0.00980 e. The van der Waals surface area contributed by atoms with Gasteiger partial charge in [-0.3, -0.25) is 0 Å². The van der Waals surface area contributed by atoms with E-state index in [-0.39, 0.29) is 0 Å². The molecule has 2 atom stereocenters. The van der Waals surface area contributed by atoms with Crippen LogP contribution >= 0.6 is 0 Å². The number of rotatable bonds is 4. The molecule has 0 heterocycles. The Morgan fingerprint density at radius 1 is 0.895 bits per heavy atom. The second-order valence-electron chi connectivity index (χ2n) is 8.65. The summed E-state index contributed by atoms with van der Waals surface area (Å²) in [5.74, 6) is 4.26. The van der Waals surface area contributed by atoms with Gasteiger partial charge in [0.15, 0.2) is 0 Å². The largest absolute Gasteiger partial charge is 0.311 e. The highest BCUT2D eigenvalue weighted by Crippen LogP contribution is 2.61. The lowest BCUT2D eigenvalue weighted by molar-refractivity contribution is -0.0735. The lowest BCUT2D eigenvalue weighted by atomic mass is 9.48. The van der Waals surface area contributed by atoms with Gasteiger partial charge in [-0.05, 0) is 94.3 Å². The first kappa shape index (κ1) is 12.7. The van der Waals surface area contributed by atoms with E-state index in [9.17, 15) is 0 Å².